The molecule has 3 rings (SSSR count). The van der Waals surface area contributed by atoms with E-state index in [1.807, 2.05) is 6.07 Å². The third kappa shape index (κ3) is 4.91. The molecule has 2 amide bonds. The number of nitrogens with one attached hydrogen (secondary N) is 1. The first-order valence-corrected chi connectivity index (χ1v) is 10.1. The second kappa shape index (κ2) is 10.8. The number of benzene rings is 2. The number of nitrogens with zero attached hydrogens (tertiary/aromatic N) is 4. The van der Waals surface area contributed by atoms with E-state index in [0.29, 0.717) is 28.2 Å². The number of aryl methyl sites for hydroxylation is 1. The van der Waals surface area contributed by atoms with Crippen molar-refractivity contribution in [3.63, 3.8) is 0 Å². The van der Waals surface area contributed by atoms with E-state index in [2.05, 4.69) is 15.5 Å². The number of aromatic hydroxyl groups is 1. The van der Waals surface area contributed by atoms with Gasteiger partial charge < -0.3 is 29.2 Å². The van der Waals surface area contributed by atoms with Crippen LogP contribution in [-0.2, 0) is 11.3 Å². The van der Waals surface area contributed by atoms with Crippen LogP contribution in [0.4, 0.5) is 5.69 Å². The predicted octanol–water partition coefficient (Wildman–Crippen LogP) is 3.33. The molecule has 34 heavy (non-hydrogen) atoms. The summed E-state index contributed by atoms with van der Waals surface area (Å²) in [4.78, 5) is 24.8. The second-order valence-corrected chi connectivity index (χ2v) is 6.94. The average Bonchev–Trinajstić information content (AvgIpc) is 3.13. The standard InChI is InChI=1S/C23H23N5O6/c1-32-17-11-14(12-18(33-2)21(17)34-3)22(30)25-13-19(29)26-27-20-15-7-4-5-8-16(15)28(23(20)31)10-6-9-24/h4-5,7-8,11-12,31H,6,10,13H2,1-3H3,(H,25,30). The SMILES string of the molecule is COc1cc(C(=O)NCC(=O)N=Nc2c(O)n(CCC#N)c3ccccc23)cc(OC)c1OC. The van der Waals surface area contributed by atoms with Crippen LogP contribution in [0.5, 0.6) is 23.1 Å². The largest absolute Gasteiger partial charge is 0.493 e. The van der Waals surface area contributed by atoms with Gasteiger partial charge in [0.1, 0.15) is 6.54 Å². The molecule has 0 spiro atoms. The van der Waals surface area contributed by atoms with Crippen molar-refractivity contribution < 1.29 is 28.9 Å². The maximum atomic E-state index is 12.5. The summed E-state index contributed by atoms with van der Waals surface area (Å²) in [5.41, 5.74) is 0.961. The van der Waals surface area contributed by atoms with Crippen molar-refractivity contribution in [1.82, 2.24) is 9.88 Å². The number of azo groups is 1. The number of hydrogen-bond donors (Lipinski definition) is 2. The van der Waals surface area contributed by atoms with E-state index in [1.165, 1.54) is 38.0 Å². The number of ether oxygens (including phenoxy) is 3. The summed E-state index contributed by atoms with van der Waals surface area (Å²) in [6, 6.07) is 12.0. The van der Waals surface area contributed by atoms with Crippen LogP contribution < -0.4 is 19.5 Å². The molecule has 0 aliphatic carbocycles. The van der Waals surface area contributed by atoms with Gasteiger partial charge >= 0.3 is 0 Å². The van der Waals surface area contributed by atoms with Crippen LogP contribution in [0.25, 0.3) is 10.9 Å². The van der Waals surface area contributed by atoms with Crippen molar-refractivity contribution in [2.45, 2.75) is 13.0 Å². The Balaban J connectivity index is 1.74. The Morgan fingerprint density at radius 2 is 1.79 bits per heavy atom. The molecule has 1 heterocycles. The van der Waals surface area contributed by atoms with E-state index in [-0.39, 0.29) is 30.1 Å². The molecule has 1 aromatic heterocycles. The number of amides is 2. The van der Waals surface area contributed by atoms with E-state index >= 15 is 0 Å². The minimum atomic E-state index is -0.728. The van der Waals surface area contributed by atoms with Gasteiger partial charge in [-0.15, -0.1) is 10.2 Å². The van der Waals surface area contributed by atoms with E-state index in [1.54, 1.807) is 24.3 Å². The fraction of sp³-hybridized carbons (Fsp3) is 0.261. The fourth-order valence-electron chi connectivity index (χ4n) is 3.37. The van der Waals surface area contributed by atoms with Gasteiger partial charge in [-0.1, -0.05) is 18.2 Å². The van der Waals surface area contributed by atoms with Gasteiger partial charge in [-0.25, -0.2) is 0 Å². The highest BCUT2D eigenvalue weighted by Crippen LogP contribution is 2.39. The molecular formula is C23H23N5O6. The molecule has 11 nitrogen and oxygen atoms in total. The second-order valence-electron chi connectivity index (χ2n) is 6.94. The Kier molecular flexibility index (Phi) is 7.66. The lowest BCUT2D eigenvalue weighted by atomic mass is 10.1. The molecule has 0 aliphatic rings. The summed E-state index contributed by atoms with van der Waals surface area (Å²) in [5.74, 6) is -0.565. The van der Waals surface area contributed by atoms with Crippen LogP contribution in [0, 0.1) is 11.3 Å². The third-order valence-electron chi connectivity index (χ3n) is 4.95. The maximum Gasteiger partial charge on any atom is 0.283 e. The number of nitriles is 1. The lowest BCUT2D eigenvalue weighted by molar-refractivity contribution is -0.117. The van der Waals surface area contributed by atoms with Crippen LogP contribution in [0.2, 0.25) is 0 Å². The van der Waals surface area contributed by atoms with Crippen molar-refractivity contribution in [3.05, 3.63) is 42.0 Å². The van der Waals surface area contributed by atoms with Crippen LogP contribution in [0.1, 0.15) is 16.8 Å². The highest BCUT2D eigenvalue weighted by molar-refractivity contribution is 5.98. The zero-order valence-electron chi connectivity index (χ0n) is 18.9. The maximum absolute atomic E-state index is 12.5. The predicted molar refractivity (Wildman–Crippen MR) is 122 cm³/mol. The lowest BCUT2D eigenvalue weighted by Crippen LogP contribution is -2.28. The number of hydrogen-bond acceptors (Lipinski definition) is 8. The molecule has 11 heteroatoms. The van der Waals surface area contributed by atoms with Crippen molar-refractivity contribution in [3.8, 4) is 29.2 Å². The van der Waals surface area contributed by atoms with Crippen LogP contribution in [0.15, 0.2) is 46.6 Å². The number of carbonyl (C=O) groups is 2. The van der Waals surface area contributed by atoms with Crippen LogP contribution in [-0.4, -0.2) is 49.4 Å². The highest BCUT2D eigenvalue weighted by Gasteiger charge is 2.18. The molecule has 0 saturated carbocycles. The Morgan fingerprint density at radius 3 is 2.41 bits per heavy atom. The molecule has 0 aliphatic heterocycles. The molecule has 2 N–H and O–H groups in total. The van der Waals surface area contributed by atoms with Gasteiger partial charge in [0.15, 0.2) is 17.2 Å². The molecule has 0 bridgehead atoms. The summed E-state index contributed by atoms with van der Waals surface area (Å²) in [7, 11) is 4.30. The van der Waals surface area contributed by atoms with E-state index in [0.717, 1.165) is 0 Å². The monoisotopic (exact) mass is 465 g/mol. The Hall–Kier alpha value is -4.59. The first kappa shape index (κ1) is 24.1. The van der Waals surface area contributed by atoms with Gasteiger partial charge in [0.05, 0.1) is 39.3 Å². The van der Waals surface area contributed by atoms with Crippen molar-refractivity contribution in [2.75, 3.05) is 27.9 Å². The molecule has 0 radical (unpaired) electrons. The van der Waals surface area contributed by atoms with Gasteiger partial charge in [0, 0.05) is 17.5 Å². The van der Waals surface area contributed by atoms with Gasteiger partial charge in [-0.05, 0) is 18.2 Å². The van der Waals surface area contributed by atoms with Crippen molar-refractivity contribution >= 4 is 28.4 Å². The Bertz CT molecular complexity index is 1270. The van der Waals surface area contributed by atoms with Gasteiger partial charge in [0.2, 0.25) is 11.6 Å². The van der Waals surface area contributed by atoms with Crippen LogP contribution in [0.3, 0.4) is 0 Å². The summed E-state index contributed by atoms with van der Waals surface area (Å²) >= 11 is 0. The van der Waals surface area contributed by atoms with Crippen LogP contribution >= 0.6 is 0 Å². The van der Waals surface area contributed by atoms with E-state index in [4.69, 9.17) is 19.5 Å². The Morgan fingerprint density at radius 1 is 1.12 bits per heavy atom. The van der Waals surface area contributed by atoms with Crippen molar-refractivity contribution in [2.24, 2.45) is 10.2 Å². The molecule has 0 saturated heterocycles. The number of para-hydroxylation sites is 1. The molecule has 3 aromatic rings. The quantitative estimate of drug-likeness (QED) is 0.461. The molecule has 2 aromatic carbocycles. The number of fused-ring (bicyclic) bond motifs is 1. The molecule has 0 fully saturated rings. The van der Waals surface area contributed by atoms with E-state index < -0.39 is 18.4 Å². The van der Waals surface area contributed by atoms with Gasteiger partial charge in [0.25, 0.3) is 11.8 Å². The Labute approximate surface area is 195 Å². The molecule has 0 atom stereocenters. The minimum absolute atomic E-state index is 0.109. The smallest absolute Gasteiger partial charge is 0.283 e. The number of methoxy groups -OCH3 is 3. The third-order valence-corrected chi connectivity index (χ3v) is 4.95. The molecular weight excluding hydrogens is 442 g/mol. The lowest BCUT2D eigenvalue weighted by Gasteiger charge is -2.13. The zero-order chi connectivity index (χ0) is 24.7. The zero-order valence-corrected chi connectivity index (χ0v) is 18.9. The number of aromatic nitrogens is 1. The summed E-state index contributed by atoms with van der Waals surface area (Å²) in [5, 5.41) is 30.0. The highest BCUT2D eigenvalue weighted by atomic mass is 16.5. The first-order valence-electron chi connectivity index (χ1n) is 10.1. The molecule has 176 valence electrons. The van der Waals surface area contributed by atoms with Gasteiger partial charge in [-0.2, -0.15) is 5.26 Å². The summed E-state index contributed by atoms with van der Waals surface area (Å²) in [6.07, 6.45) is 0.189. The summed E-state index contributed by atoms with van der Waals surface area (Å²) in [6.45, 7) is -0.163. The van der Waals surface area contributed by atoms with E-state index in [9.17, 15) is 14.7 Å². The normalized spacial score (nSPS) is 10.8. The number of rotatable bonds is 9. The minimum Gasteiger partial charge on any atom is -0.493 e. The number of carbonyl (C=O) groups excluding carboxylic acids is 2. The first-order chi connectivity index (χ1) is 16.4. The topological polar surface area (TPSA) is 148 Å². The molecule has 0 unspecified atom stereocenters. The van der Waals surface area contributed by atoms with Crippen molar-refractivity contribution in [1.29, 1.82) is 5.26 Å². The fourth-order valence-corrected chi connectivity index (χ4v) is 3.37. The summed E-state index contributed by atoms with van der Waals surface area (Å²) < 4.78 is 17.2. The van der Waals surface area contributed by atoms with Gasteiger partial charge in [-0.3, -0.25) is 9.59 Å². The average molecular weight is 465 g/mol.